The van der Waals surface area contributed by atoms with E-state index in [4.69, 9.17) is 22.4 Å². The van der Waals surface area contributed by atoms with Crippen LogP contribution >= 0.6 is 0 Å². The summed E-state index contributed by atoms with van der Waals surface area (Å²) in [7, 11) is -4.89. The molecule has 0 aromatic heterocycles. The zero-order valence-electron chi connectivity index (χ0n) is 22.8. The molecule has 32 heavy (non-hydrogen) atoms. The van der Waals surface area contributed by atoms with Crippen molar-refractivity contribution < 1.29 is 22.4 Å². The highest BCUT2D eigenvalue weighted by atomic mass is 28.4. The minimum atomic E-state index is -1.70. The smallest absolute Gasteiger partial charge is 0.321 e. The number of rotatable bonds is 23. The van der Waals surface area contributed by atoms with E-state index in [1.165, 1.54) is 18.1 Å². The van der Waals surface area contributed by atoms with Gasteiger partial charge in [-0.15, -0.1) is 0 Å². The fourth-order valence-electron chi connectivity index (χ4n) is 4.08. The minimum Gasteiger partial charge on any atom is -0.414 e. The lowest BCUT2D eigenvalue weighted by atomic mass is 10.4. The third kappa shape index (κ3) is 12.8. The van der Waals surface area contributed by atoms with Crippen molar-refractivity contribution in [2.75, 3.05) is 33.0 Å². The van der Waals surface area contributed by atoms with Gasteiger partial charge in [0.1, 0.15) is 0 Å². The standard InChI is InChI=1S/C24H56O5Si3/c1-9-18-26-30(27-19-10-2)21-17-20-25-22-24(29-32(14-6,15-7)16-8)23-28-31(11-3,12-4)13-5/h24,30H,9-23H2,1-8H3. The molecule has 0 amide bonds. The maximum absolute atomic E-state index is 6.82. The molecule has 0 fully saturated rings. The number of hydrogen-bond donors (Lipinski definition) is 0. The molecule has 8 heteroatoms. The van der Waals surface area contributed by atoms with Crippen LogP contribution in [-0.4, -0.2) is 65.1 Å². The Morgan fingerprint density at radius 2 is 1.12 bits per heavy atom. The van der Waals surface area contributed by atoms with Crippen LogP contribution in [0.1, 0.15) is 74.7 Å². The van der Waals surface area contributed by atoms with Crippen LogP contribution in [0.2, 0.25) is 42.3 Å². The van der Waals surface area contributed by atoms with Crippen molar-refractivity contribution in [3.63, 3.8) is 0 Å². The first-order chi connectivity index (χ1) is 15.4. The van der Waals surface area contributed by atoms with Crippen molar-refractivity contribution >= 4 is 25.9 Å². The average molecular weight is 509 g/mol. The van der Waals surface area contributed by atoms with Gasteiger partial charge in [-0.1, -0.05) is 55.4 Å². The van der Waals surface area contributed by atoms with Gasteiger partial charge in [0.2, 0.25) is 0 Å². The Hall–Kier alpha value is 0.451. The molecule has 0 aliphatic rings. The largest absolute Gasteiger partial charge is 0.414 e. The van der Waals surface area contributed by atoms with Crippen LogP contribution < -0.4 is 0 Å². The molecule has 0 bridgehead atoms. The van der Waals surface area contributed by atoms with E-state index in [1.807, 2.05) is 0 Å². The summed E-state index contributed by atoms with van der Waals surface area (Å²) in [4.78, 5) is 0. The van der Waals surface area contributed by atoms with E-state index in [-0.39, 0.29) is 6.10 Å². The molecule has 0 N–H and O–H groups in total. The van der Waals surface area contributed by atoms with Crippen LogP contribution in [0.4, 0.5) is 0 Å². The highest BCUT2D eigenvalue weighted by Crippen LogP contribution is 2.26. The Morgan fingerprint density at radius 3 is 1.56 bits per heavy atom. The van der Waals surface area contributed by atoms with Gasteiger partial charge < -0.3 is 22.4 Å². The van der Waals surface area contributed by atoms with Gasteiger partial charge in [0.25, 0.3) is 0 Å². The van der Waals surface area contributed by atoms with Crippen LogP contribution in [0, 0.1) is 0 Å². The van der Waals surface area contributed by atoms with Crippen LogP contribution in [-0.2, 0) is 22.4 Å². The topological polar surface area (TPSA) is 46.2 Å². The Balaban J connectivity index is 4.80. The zero-order valence-corrected chi connectivity index (χ0v) is 26.0. The molecule has 194 valence electrons. The summed E-state index contributed by atoms with van der Waals surface area (Å²) in [6.07, 6.45) is 3.14. The van der Waals surface area contributed by atoms with Gasteiger partial charge in [-0.2, -0.15) is 0 Å². The molecule has 0 radical (unpaired) electrons. The lowest BCUT2D eigenvalue weighted by Crippen LogP contribution is -2.46. The predicted molar refractivity (Wildman–Crippen MR) is 145 cm³/mol. The van der Waals surface area contributed by atoms with Crippen molar-refractivity contribution in [3.8, 4) is 0 Å². The normalized spacial score (nSPS) is 13.8. The Kier molecular flexibility index (Phi) is 20.0. The maximum Gasteiger partial charge on any atom is 0.321 e. The van der Waals surface area contributed by atoms with Gasteiger partial charge in [-0.05, 0) is 61.6 Å². The molecule has 1 atom stereocenters. The Morgan fingerprint density at radius 1 is 0.625 bits per heavy atom. The molecule has 0 spiro atoms. The summed E-state index contributed by atoms with van der Waals surface area (Å²) in [6, 6.07) is 8.01. The second-order valence-corrected chi connectivity index (χ2v) is 20.5. The minimum absolute atomic E-state index is 0.0544. The Labute approximate surface area is 204 Å². The van der Waals surface area contributed by atoms with Crippen molar-refractivity contribution in [1.82, 2.24) is 0 Å². The quantitative estimate of drug-likeness (QED) is 0.111. The lowest BCUT2D eigenvalue weighted by molar-refractivity contribution is 0.0172. The summed E-state index contributed by atoms with van der Waals surface area (Å²) in [5.74, 6) is 0. The molecule has 0 heterocycles. The summed E-state index contributed by atoms with van der Waals surface area (Å²) >= 11 is 0. The highest BCUT2D eigenvalue weighted by Gasteiger charge is 2.34. The van der Waals surface area contributed by atoms with Crippen LogP contribution in [0.3, 0.4) is 0 Å². The molecule has 0 aromatic carbocycles. The maximum atomic E-state index is 6.82. The average Bonchev–Trinajstić information content (AvgIpc) is 2.84. The van der Waals surface area contributed by atoms with Crippen molar-refractivity contribution in [2.45, 2.75) is 123 Å². The molecule has 0 aromatic rings. The van der Waals surface area contributed by atoms with Gasteiger partial charge in [0.15, 0.2) is 16.6 Å². The first-order valence-corrected chi connectivity index (χ1v) is 20.4. The zero-order chi connectivity index (χ0) is 24.3. The summed E-state index contributed by atoms with van der Waals surface area (Å²) in [5.41, 5.74) is 0. The lowest BCUT2D eigenvalue weighted by Gasteiger charge is -2.36. The first-order valence-electron chi connectivity index (χ1n) is 13.6. The number of ether oxygens (including phenoxy) is 1. The van der Waals surface area contributed by atoms with Crippen LogP contribution in [0.15, 0.2) is 0 Å². The van der Waals surface area contributed by atoms with Gasteiger partial charge in [-0.25, -0.2) is 0 Å². The summed E-state index contributed by atoms with van der Waals surface area (Å²) in [5, 5.41) is 0. The van der Waals surface area contributed by atoms with Gasteiger partial charge in [0.05, 0.1) is 19.3 Å². The second-order valence-electron chi connectivity index (χ2n) is 8.93. The van der Waals surface area contributed by atoms with Crippen molar-refractivity contribution in [3.05, 3.63) is 0 Å². The van der Waals surface area contributed by atoms with Gasteiger partial charge in [-0.3, -0.25) is 0 Å². The van der Waals surface area contributed by atoms with Crippen molar-refractivity contribution in [1.29, 1.82) is 0 Å². The highest BCUT2D eigenvalue weighted by molar-refractivity contribution is 6.74. The fourth-order valence-corrected chi connectivity index (χ4v) is 11.5. The van der Waals surface area contributed by atoms with E-state index < -0.39 is 25.9 Å². The van der Waals surface area contributed by atoms with E-state index in [9.17, 15) is 0 Å². The second kappa shape index (κ2) is 19.7. The number of hydrogen-bond acceptors (Lipinski definition) is 5. The van der Waals surface area contributed by atoms with Crippen LogP contribution in [0.25, 0.3) is 0 Å². The fraction of sp³-hybridized carbons (Fsp3) is 1.00. The molecule has 0 saturated heterocycles. The van der Waals surface area contributed by atoms with Crippen molar-refractivity contribution in [2.24, 2.45) is 0 Å². The molecule has 1 unspecified atom stereocenters. The van der Waals surface area contributed by atoms with E-state index in [1.54, 1.807) is 0 Å². The van der Waals surface area contributed by atoms with Crippen LogP contribution in [0.5, 0.6) is 0 Å². The third-order valence-electron chi connectivity index (χ3n) is 6.91. The first kappa shape index (κ1) is 32.5. The van der Waals surface area contributed by atoms with E-state index in [0.29, 0.717) is 13.2 Å². The predicted octanol–water partition coefficient (Wildman–Crippen LogP) is 6.88. The summed E-state index contributed by atoms with van der Waals surface area (Å²) < 4.78 is 31.5. The van der Waals surface area contributed by atoms with E-state index in [0.717, 1.165) is 63.3 Å². The molecular weight excluding hydrogens is 453 g/mol. The van der Waals surface area contributed by atoms with E-state index in [2.05, 4.69) is 55.4 Å². The molecule has 5 nitrogen and oxygen atoms in total. The molecule has 0 aliphatic heterocycles. The monoisotopic (exact) mass is 508 g/mol. The van der Waals surface area contributed by atoms with Gasteiger partial charge >= 0.3 is 9.28 Å². The SMILES string of the molecule is CCCO[SiH](CCCOCC(CO[Si](CC)(CC)CC)O[Si](CC)(CC)CC)OCCC. The van der Waals surface area contributed by atoms with Gasteiger partial charge in [0, 0.05) is 19.8 Å². The molecular formula is C24H56O5Si3. The summed E-state index contributed by atoms with van der Waals surface area (Å²) in [6.45, 7) is 21.7. The molecule has 0 saturated carbocycles. The Bertz CT molecular complexity index is 396. The molecule has 0 rings (SSSR count). The molecule has 0 aliphatic carbocycles. The van der Waals surface area contributed by atoms with E-state index >= 15 is 0 Å². The third-order valence-corrected chi connectivity index (χ3v) is 18.3.